The van der Waals surface area contributed by atoms with Gasteiger partial charge in [0.05, 0.1) is 4.92 Å². The molecule has 0 aliphatic carbocycles. The van der Waals surface area contributed by atoms with E-state index in [9.17, 15) is 14.9 Å². The van der Waals surface area contributed by atoms with Crippen molar-refractivity contribution in [3.8, 4) is 0 Å². The Morgan fingerprint density at radius 1 is 1.42 bits per heavy atom. The van der Waals surface area contributed by atoms with Crippen molar-refractivity contribution in [1.82, 2.24) is 0 Å². The van der Waals surface area contributed by atoms with Crippen molar-refractivity contribution in [2.24, 2.45) is 0 Å². The number of hydrogen-bond donors (Lipinski definition) is 1. The third-order valence-electron chi connectivity index (χ3n) is 2.08. The minimum absolute atomic E-state index is 0.0378. The molecule has 2 rings (SSSR count). The first-order chi connectivity index (χ1) is 8.97. The number of carboxylic acids is 1. The number of rotatable bonds is 4. The molecule has 5 nitrogen and oxygen atoms in total. The van der Waals surface area contributed by atoms with Crippen molar-refractivity contribution >= 4 is 50.0 Å². The molecule has 19 heavy (non-hydrogen) atoms. The molecule has 0 saturated heterocycles. The topological polar surface area (TPSA) is 80.4 Å². The van der Waals surface area contributed by atoms with Crippen molar-refractivity contribution in [3.63, 3.8) is 0 Å². The van der Waals surface area contributed by atoms with Crippen LogP contribution in [0.3, 0.4) is 0 Å². The highest BCUT2D eigenvalue weighted by Gasteiger charge is 2.23. The minimum atomic E-state index is -1.16. The third kappa shape index (κ3) is 3.34. The fourth-order valence-corrected chi connectivity index (χ4v) is 3.83. The number of aromatic carboxylic acids is 1. The number of nitrogens with zero attached hydrogens (tertiary/aromatic N) is 1. The minimum Gasteiger partial charge on any atom is -0.477 e. The van der Waals surface area contributed by atoms with E-state index in [4.69, 9.17) is 5.11 Å². The van der Waals surface area contributed by atoms with Gasteiger partial charge in [-0.2, -0.15) is 0 Å². The fourth-order valence-electron chi connectivity index (χ4n) is 1.33. The molecule has 1 N–H and O–H groups in total. The van der Waals surface area contributed by atoms with E-state index < -0.39 is 10.9 Å². The predicted molar refractivity (Wildman–Crippen MR) is 76.2 cm³/mol. The highest BCUT2D eigenvalue weighted by molar-refractivity contribution is 9.10. The van der Waals surface area contributed by atoms with Gasteiger partial charge in [0, 0.05) is 9.37 Å². The van der Waals surface area contributed by atoms with E-state index >= 15 is 0 Å². The second kappa shape index (κ2) is 5.72. The molecule has 1 aromatic carbocycles. The summed E-state index contributed by atoms with van der Waals surface area (Å²) in [7, 11) is 0. The number of hydrogen-bond acceptors (Lipinski definition) is 5. The Labute approximate surface area is 124 Å². The summed E-state index contributed by atoms with van der Waals surface area (Å²) in [6.07, 6.45) is 0. The van der Waals surface area contributed by atoms with Crippen LogP contribution in [0.4, 0.5) is 5.00 Å². The lowest BCUT2D eigenvalue weighted by molar-refractivity contribution is -0.382. The van der Waals surface area contributed by atoms with E-state index in [0.717, 1.165) is 9.37 Å². The van der Waals surface area contributed by atoms with Crippen LogP contribution in [0.25, 0.3) is 0 Å². The van der Waals surface area contributed by atoms with Crippen LogP contribution in [0.2, 0.25) is 0 Å². The van der Waals surface area contributed by atoms with Crippen molar-refractivity contribution in [2.45, 2.75) is 9.79 Å². The smallest absolute Gasteiger partial charge is 0.346 e. The molecular weight excluding hydrogens is 354 g/mol. The largest absolute Gasteiger partial charge is 0.477 e. The Kier molecular flexibility index (Phi) is 4.23. The molecule has 0 spiro atoms. The molecule has 0 amide bonds. The van der Waals surface area contributed by atoms with Crippen LogP contribution in [-0.4, -0.2) is 16.0 Å². The highest BCUT2D eigenvalue weighted by atomic mass is 79.9. The molecule has 1 heterocycles. The molecule has 8 heteroatoms. The maximum Gasteiger partial charge on any atom is 0.346 e. The van der Waals surface area contributed by atoms with Crippen molar-refractivity contribution in [3.05, 3.63) is 49.8 Å². The second-order valence-corrected chi connectivity index (χ2v) is 6.46. The fraction of sp³-hybridized carbons (Fsp3) is 0. The lowest BCUT2D eigenvalue weighted by Gasteiger charge is -1.99. The summed E-state index contributed by atoms with van der Waals surface area (Å²) in [4.78, 5) is 22.3. The molecule has 0 fully saturated rings. The zero-order valence-electron chi connectivity index (χ0n) is 9.20. The molecule has 0 aliphatic rings. The van der Waals surface area contributed by atoms with Gasteiger partial charge < -0.3 is 5.11 Å². The number of carbonyl (C=O) groups is 1. The summed E-state index contributed by atoms with van der Waals surface area (Å²) in [5, 5.41) is 19.7. The summed E-state index contributed by atoms with van der Waals surface area (Å²) in [6, 6.07) is 8.60. The van der Waals surface area contributed by atoms with E-state index in [0.29, 0.717) is 16.2 Å². The van der Waals surface area contributed by atoms with Crippen molar-refractivity contribution < 1.29 is 14.8 Å². The van der Waals surface area contributed by atoms with Crippen molar-refractivity contribution in [1.29, 1.82) is 0 Å². The van der Waals surface area contributed by atoms with E-state index in [1.807, 2.05) is 18.2 Å². The molecule has 1 aromatic heterocycles. The maximum absolute atomic E-state index is 10.9. The predicted octanol–water partition coefficient (Wildman–Crippen LogP) is 4.27. The van der Waals surface area contributed by atoms with Gasteiger partial charge in [-0.1, -0.05) is 45.1 Å². The van der Waals surface area contributed by atoms with Gasteiger partial charge in [-0.3, -0.25) is 10.1 Å². The third-order valence-corrected chi connectivity index (χ3v) is 4.80. The molecule has 0 atom stereocenters. The number of carboxylic acid groups (broad SMARTS) is 1. The Balaban J connectivity index is 2.38. The Bertz CT molecular complexity index is 656. The van der Waals surface area contributed by atoms with Crippen molar-refractivity contribution in [2.75, 3.05) is 0 Å². The molecule has 0 bridgehead atoms. The summed E-state index contributed by atoms with van der Waals surface area (Å²) in [6.45, 7) is 0. The van der Waals surface area contributed by atoms with Crippen LogP contribution in [0.15, 0.2) is 44.6 Å². The first-order valence-corrected chi connectivity index (χ1v) is 7.35. The van der Waals surface area contributed by atoms with Gasteiger partial charge in [0.25, 0.3) is 0 Å². The summed E-state index contributed by atoms with van der Waals surface area (Å²) in [5.74, 6) is -1.16. The summed E-state index contributed by atoms with van der Waals surface area (Å²) >= 11 is 5.15. The van der Waals surface area contributed by atoms with E-state index in [1.54, 1.807) is 6.07 Å². The van der Waals surface area contributed by atoms with Crippen LogP contribution < -0.4 is 0 Å². The van der Waals surface area contributed by atoms with Gasteiger partial charge >= 0.3 is 11.0 Å². The van der Waals surface area contributed by atoms with Gasteiger partial charge in [0.15, 0.2) is 0 Å². The molecule has 0 saturated carbocycles. The second-order valence-electron chi connectivity index (χ2n) is 3.40. The van der Waals surface area contributed by atoms with Crippen LogP contribution in [0.1, 0.15) is 9.67 Å². The van der Waals surface area contributed by atoms with Gasteiger partial charge in [-0.25, -0.2) is 4.79 Å². The zero-order chi connectivity index (χ0) is 14.0. The van der Waals surface area contributed by atoms with E-state index in [-0.39, 0.29) is 9.88 Å². The first kappa shape index (κ1) is 14.0. The molecule has 0 radical (unpaired) electrons. The molecule has 2 aromatic rings. The quantitative estimate of drug-likeness (QED) is 0.651. The summed E-state index contributed by atoms with van der Waals surface area (Å²) < 4.78 is 0.855. The number of thiophene rings is 1. The monoisotopic (exact) mass is 359 g/mol. The maximum atomic E-state index is 10.9. The molecule has 0 aliphatic heterocycles. The van der Waals surface area contributed by atoms with Crippen LogP contribution in [0, 0.1) is 10.1 Å². The standard InChI is InChI=1S/C11H6BrNO4S2/c12-6-2-1-3-7(4-6)18-8-5-9(11(14)15)19-10(8)13(16)17/h1-5H,(H,14,15). The van der Waals surface area contributed by atoms with E-state index in [2.05, 4.69) is 15.9 Å². The lowest BCUT2D eigenvalue weighted by Crippen LogP contribution is -1.89. The Morgan fingerprint density at radius 3 is 2.74 bits per heavy atom. The van der Waals surface area contributed by atoms with Crippen LogP contribution in [0.5, 0.6) is 0 Å². The Morgan fingerprint density at radius 2 is 2.16 bits per heavy atom. The average molecular weight is 360 g/mol. The number of benzene rings is 1. The van der Waals surface area contributed by atoms with Gasteiger partial charge in [-0.15, -0.1) is 0 Å². The van der Waals surface area contributed by atoms with Gasteiger partial charge in [0.1, 0.15) is 9.77 Å². The van der Waals surface area contributed by atoms with Gasteiger partial charge in [0.2, 0.25) is 0 Å². The Hall–Kier alpha value is -1.38. The SMILES string of the molecule is O=C(O)c1cc(Sc2cccc(Br)c2)c([N+](=O)[O-])s1. The number of nitro groups is 1. The first-order valence-electron chi connectivity index (χ1n) is 4.92. The molecular formula is C11H6BrNO4S2. The average Bonchev–Trinajstić information content (AvgIpc) is 2.73. The van der Waals surface area contributed by atoms with E-state index in [1.165, 1.54) is 17.8 Å². The molecule has 0 unspecified atom stereocenters. The molecule has 98 valence electrons. The zero-order valence-corrected chi connectivity index (χ0v) is 12.4. The highest BCUT2D eigenvalue weighted by Crippen LogP contribution is 2.41. The van der Waals surface area contributed by atoms with Crippen LogP contribution >= 0.6 is 39.0 Å². The van der Waals surface area contributed by atoms with Gasteiger partial charge in [-0.05, 0) is 24.3 Å². The normalized spacial score (nSPS) is 10.4. The number of halogens is 1. The lowest BCUT2D eigenvalue weighted by atomic mass is 10.4. The van der Waals surface area contributed by atoms with Crippen LogP contribution in [-0.2, 0) is 0 Å². The summed E-state index contributed by atoms with van der Waals surface area (Å²) in [5.41, 5.74) is 0.